The zero-order valence-electron chi connectivity index (χ0n) is 15.1. The number of hydrogen-bond donors (Lipinski definition) is 5. The van der Waals surface area contributed by atoms with Crippen LogP contribution in [-0.4, -0.2) is 75.3 Å². The second kappa shape index (κ2) is 12.4. The Balaban J connectivity index is 2.43. The third-order valence-electron chi connectivity index (χ3n) is 3.72. The van der Waals surface area contributed by atoms with E-state index in [1.54, 1.807) is 24.3 Å². The minimum absolute atomic E-state index is 0.0479. The van der Waals surface area contributed by atoms with E-state index in [1.165, 1.54) is 0 Å². The van der Waals surface area contributed by atoms with E-state index in [-0.39, 0.29) is 6.61 Å². The first-order chi connectivity index (χ1) is 12.9. The molecule has 9 nitrogen and oxygen atoms in total. The number of oxime groups is 1. The Labute approximate surface area is 157 Å². The lowest BCUT2D eigenvalue weighted by Gasteiger charge is -2.23. The number of aliphatic hydroxyl groups is 5. The summed E-state index contributed by atoms with van der Waals surface area (Å²) in [6.07, 6.45) is -4.04. The number of carbonyl (C=O) groups is 1. The number of ether oxygens (including phenoxy) is 1. The number of aliphatic hydroxyl groups excluding tert-OH is 5. The lowest BCUT2D eigenvalue weighted by atomic mass is 10.0. The first-order valence-electron chi connectivity index (χ1n) is 8.65. The molecule has 0 aromatic heterocycles. The molecule has 5 N–H and O–H groups in total. The van der Waals surface area contributed by atoms with Crippen LogP contribution in [0.25, 0.3) is 0 Å². The molecular weight excluding hydrogens is 358 g/mol. The van der Waals surface area contributed by atoms with Gasteiger partial charge in [-0.25, -0.2) is 4.79 Å². The first-order valence-corrected chi connectivity index (χ1v) is 8.65. The number of hydrogen-bond acceptors (Lipinski definition) is 9. The van der Waals surface area contributed by atoms with E-state index in [9.17, 15) is 25.2 Å². The van der Waals surface area contributed by atoms with Crippen molar-refractivity contribution in [3.63, 3.8) is 0 Å². The van der Waals surface area contributed by atoms with E-state index in [4.69, 9.17) is 14.7 Å². The van der Waals surface area contributed by atoms with E-state index in [2.05, 4.69) is 5.16 Å². The third-order valence-corrected chi connectivity index (χ3v) is 3.72. The van der Waals surface area contributed by atoms with Crippen LogP contribution in [0, 0.1) is 0 Å². The molecule has 0 fully saturated rings. The van der Waals surface area contributed by atoms with Gasteiger partial charge in [0.2, 0.25) is 0 Å². The summed E-state index contributed by atoms with van der Waals surface area (Å²) in [6.45, 7) is 1.67. The number of benzene rings is 1. The molecule has 9 heteroatoms. The highest BCUT2D eigenvalue weighted by molar-refractivity contribution is 5.89. The van der Waals surface area contributed by atoms with Crippen LogP contribution in [0.1, 0.15) is 35.7 Å². The van der Waals surface area contributed by atoms with Gasteiger partial charge in [-0.2, -0.15) is 0 Å². The number of carbonyl (C=O) groups excluding carboxylic acids is 1. The highest BCUT2D eigenvalue weighted by Gasteiger charge is 2.29. The van der Waals surface area contributed by atoms with Crippen LogP contribution >= 0.6 is 0 Å². The standard InChI is InChI=1S/C18H27NO8/c1-2-3-8-26-18(25)13-6-4-12(5-7-13)11-27-19-9-14(21)16(23)17(24)15(22)10-20/h4-7,9,14-17,20-24H,2-3,8,10-11H2,1H3/b19-9+/t14?,15?,16?,17-/m0/s1. The van der Waals surface area contributed by atoms with Crippen molar-refractivity contribution in [2.24, 2.45) is 5.16 Å². The molecule has 0 saturated heterocycles. The minimum Gasteiger partial charge on any atom is -0.462 e. The summed E-state index contributed by atoms with van der Waals surface area (Å²) >= 11 is 0. The number of nitrogens with zero attached hydrogens (tertiary/aromatic N) is 1. The summed E-state index contributed by atoms with van der Waals surface area (Å²) in [6, 6.07) is 6.53. The van der Waals surface area contributed by atoms with Crippen LogP contribution in [0.5, 0.6) is 0 Å². The van der Waals surface area contributed by atoms with Gasteiger partial charge in [-0.15, -0.1) is 0 Å². The maximum Gasteiger partial charge on any atom is 0.338 e. The van der Waals surface area contributed by atoms with Crippen molar-refractivity contribution >= 4 is 12.2 Å². The molecule has 3 unspecified atom stereocenters. The van der Waals surface area contributed by atoms with Crippen LogP contribution in [0.3, 0.4) is 0 Å². The lowest BCUT2D eigenvalue weighted by Crippen LogP contribution is -2.46. The number of unbranched alkanes of at least 4 members (excludes halogenated alkanes) is 1. The number of rotatable bonds is 12. The summed E-state index contributed by atoms with van der Waals surface area (Å²) in [5.41, 5.74) is 1.14. The summed E-state index contributed by atoms with van der Waals surface area (Å²) in [4.78, 5) is 16.7. The Hall–Kier alpha value is -2.04. The fourth-order valence-electron chi connectivity index (χ4n) is 1.97. The molecule has 4 atom stereocenters. The van der Waals surface area contributed by atoms with Gasteiger partial charge in [0.1, 0.15) is 31.0 Å². The Morgan fingerprint density at radius 1 is 1.15 bits per heavy atom. The van der Waals surface area contributed by atoms with Crippen molar-refractivity contribution < 1.29 is 39.9 Å². The van der Waals surface area contributed by atoms with Crippen molar-refractivity contribution in [2.45, 2.75) is 50.8 Å². The van der Waals surface area contributed by atoms with Crippen molar-refractivity contribution in [2.75, 3.05) is 13.2 Å². The molecule has 0 amide bonds. The third kappa shape index (κ3) is 8.02. The normalized spacial score (nSPS) is 15.9. The van der Waals surface area contributed by atoms with Crippen LogP contribution in [0.4, 0.5) is 0 Å². The van der Waals surface area contributed by atoms with Gasteiger partial charge < -0.3 is 35.1 Å². The Bertz CT molecular complexity index is 577. The molecule has 0 bridgehead atoms. The quantitative estimate of drug-likeness (QED) is 0.141. The molecule has 27 heavy (non-hydrogen) atoms. The SMILES string of the molecule is CCCCOC(=O)c1ccc(CO/N=C/C(O)C(O)[C@@H](O)C(O)CO)cc1. The van der Waals surface area contributed by atoms with E-state index in [0.29, 0.717) is 17.7 Å². The zero-order chi connectivity index (χ0) is 20.2. The van der Waals surface area contributed by atoms with Crippen molar-refractivity contribution in [1.82, 2.24) is 0 Å². The van der Waals surface area contributed by atoms with E-state index in [1.807, 2.05) is 6.92 Å². The average Bonchev–Trinajstić information content (AvgIpc) is 2.69. The van der Waals surface area contributed by atoms with Gasteiger partial charge in [0, 0.05) is 0 Å². The highest BCUT2D eigenvalue weighted by atomic mass is 16.6. The van der Waals surface area contributed by atoms with Gasteiger partial charge in [0.05, 0.1) is 25.0 Å². The maximum absolute atomic E-state index is 11.8. The zero-order valence-corrected chi connectivity index (χ0v) is 15.1. The van der Waals surface area contributed by atoms with Crippen LogP contribution in [0.2, 0.25) is 0 Å². The summed E-state index contributed by atoms with van der Waals surface area (Å²) in [5.74, 6) is -0.394. The molecule has 0 aliphatic heterocycles. The Kier molecular flexibility index (Phi) is 10.5. The molecule has 0 heterocycles. The van der Waals surface area contributed by atoms with Gasteiger partial charge in [0.15, 0.2) is 0 Å². The Morgan fingerprint density at radius 2 is 1.81 bits per heavy atom. The topological polar surface area (TPSA) is 149 Å². The summed E-state index contributed by atoms with van der Waals surface area (Å²) < 4.78 is 5.10. The highest BCUT2D eigenvalue weighted by Crippen LogP contribution is 2.08. The molecule has 0 radical (unpaired) electrons. The lowest BCUT2D eigenvalue weighted by molar-refractivity contribution is -0.100. The van der Waals surface area contributed by atoms with E-state index in [0.717, 1.165) is 19.1 Å². The largest absolute Gasteiger partial charge is 0.462 e. The molecule has 1 rings (SSSR count). The molecule has 0 aliphatic rings. The second-order valence-corrected chi connectivity index (χ2v) is 5.94. The molecular formula is C18H27NO8. The first kappa shape index (κ1) is 23.0. The Morgan fingerprint density at radius 3 is 2.41 bits per heavy atom. The summed E-state index contributed by atoms with van der Waals surface area (Å²) in [5, 5.41) is 50.1. The van der Waals surface area contributed by atoms with E-state index >= 15 is 0 Å². The molecule has 1 aromatic carbocycles. The number of esters is 1. The molecule has 1 aromatic rings. The maximum atomic E-state index is 11.8. The molecule has 0 spiro atoms. The van der Waals surface area contributed by atoms with Gasteiger partial charge >= 0.3 is 5.97 Å². The van der Waals surface area contributed by atoms with Crippen molar-refractivity contribution in [1.29, 1.82) is 0 Å². The second-order valence-electron chi connectivity index (χ2n) is 5.94. The predicted molar refractivity (Wildman–Crippen MR) is 96.0 cm³/mol. The fourth-order valence-corrected chi connectivity index (χ4v) is 1.97. The smallest absolute Gasteiger partial charge is 0.338 e. The van der Waals surface area contributed by atoms with Crippen LogP contribution < -0.4 is 0 Å². The van der Waals surface area contributed by atoms with Gasteiger partial charge in [0.25, 0.3) is 0 Å². The molecule has 0 aliphatic carbocycles. The van der Waals surface area contributed by atoms with Crippen LogP contribution in [0.15, 0.2) is 29.4 Å². The van der Waals surface area contributed by atoms with Crippen LogP contribution in [-0.2, 0) is 16.2 Å². The minimum atomic E-state index is -1.74. The van der Waals surface area contributed by atoms with Crippen molar-refractivity contribution in [3.05, 3.63) is 35.4 Å². The summed E-state index contributed by atoms with van der Waals surface area (Å²) in [7, 11) is 0. The molecule has 0 saturated carbocycles. The van der Waals surface area contributed by atoms with Gasteiger partial charge in [-0.05, 0) is 24.1 Å². The fraction of sp³-hybridized carbons (Fsp3) is 0.556. The average molecular weight is 385 g/mol. The van der Waals surface area contributed by atoms with Crippen molar-refractivity contribution in [3.8, 4) is 0 Å². The van der Waals surface area contributed by atoms with Gasteiger partial charge in [-0.1, -0.05) is 30.6 Å². The molecule has 152 valence electrons. The van der Waals surface area contributed by atoms with Gasteiger partial charge in [-0.3, -0.25) is 0 Å². The monoisotopic (exact) mass is 385 g/mol. The van der Waals surface area contributed by atoms with E-state index < -0.39 is 37.0 Å². The predicted octanol–water partition coefficient (Wildman–Crippen LogP) is -0.418.